The monoisotopic (exact) mass is 357 g/mol. The van der Waals surface area contributed by atoms with Crippen LogP contribution >= 0.6 is 11.8 Å². The fourth-order valence-corrected chi connectivity index (χ4v) is 3.30. The van der Waals surface area contributed by atoms with Gasteiger partial charge in [-0.1, -0.05) is 48.0 Å². The van der Waals surface area contributed by atoms with Crippen molar-refractivity contribution in [2.45, 2.75) is 32.4 Å². The van der Waals surface area contributed by atoms with E-state index in [1.165, 1.54) is 11.1 Å². The average molecular weight is 358 g/mol. The van der Waals surface area contributed by atoms with Crippen LogP contribution in [-0.2, 0) is 17.0 Å². The molecule has 0 unspecified atom stereocenters. The molecule has 0 aliphatic rings. The van der Waals surface area contributed by atoms with Gasteiger partial charge in [-0.2, -0.15) is 11.8 Å². The van der Waals surface area contributed by atoms with Crippen LogP contribution in [0.3, 0.4) is 0 Å². The van der Waals surface area contributed by atoms with Crippen molar-refractivity contribution in [1.82, 2.24) is 5.32 Å². The molecule has 1 amide bonds. The van der Waals surface area contributed by atoms with E-state index < -0.39 is 0 Å². The minimum absolute atomic E-state index is 0.0993. The first-order valence-corrected chi connectivity index (χ1v) is 9.95. The first kappa shape index (κ1) is 19.4. The molecule has 0 fully saturated rings. The Balaban J connectivity index is 1.62. The van der Waals surface area contributed by atoms with Crippen LogP contribution in [0.5, 0.6) is 5.75 Å². The van der Waals surface area contributed by atoms with E-state index in [2.05, 4.69) is 36.5 Å². The summed E-state index contributed by atoms with van der Waals surface area (Å²) in [5, 5.41) is 3.00. The van der Waals surface area contributed by atoms with E-state index in [1.807, 2.05) is 43.0 Å². The molecule has 0 aliphatic carbocycles. The standard InChI is InChI=1S/C21H27NO2S/c1-3-24-20-7-5-4-6-19(20)12-13-21(23)22-14-15-25-16-18-10-8-17(2)9-11-18/h4-11H,3,12-16H2,1-2H3,(H,22,23). The third kappa shape index (κ3) is 7.22. The van der Waals surface area contributed by atoms with E-state index in [9.17, 15) is 4.79 Å². The number of benzene rings is 2. The lowest BCUT2D eigenvalue weighted by molar-refractivity contribution is -0.120. The zero-order chi connectivity index (χ0) is 17.9. The van der Waals surface area contributed by atoms with Gasteiger partial charge < -0.3 is 10.1 Å². The quantitative estimate of drug-likeness (QED) is 0.642. The van der Waals surface area contributed by atoms with Crippen LogP contribution < -0.4 is 10.1 Å². The zero-order valence-corrected chi connectivity index (χ0v) is 15.9. The molecule has 0 radical (unpaired) electrons. The Morgan fingerprint density at radius 1 is 1.12 bits per heavy atom. The molecule has 0 spiro atoms. The third-order valence-electron chi connectivity index (χ3n) is 3.85. The summed E-state index contributed by atoms with van der Waals surface area (Å²) in [4.78, 5) is 12.0. The van der Waals surface area contributed by atoms with E-state index in [0.717, 1.165) is 22.8 Å². The lowest BCUT2D eigenvalue weighted by Gasteiger charge is -2.10. The summed E-state index contributed by atoms with van der Waals surface area (Å²) in [6, 6.07) is 16.5. The molecule has 4 heteroatoms. The van der Waals surface area contributed by atoms with E-state index in [4.69, 9.17) is 4.74 Å². The van der Waals surface area contributed by atoms with Crippen LogP contribution in [0.25, 0.3) is 0 Å². The summed E-state index contributed by atoms with van der Waals surface area (Å²) in [6.07, 6.45) is 1.20. The van der Waals surface area contributed by atoms with Crippen molar-refractivity contribution < 1.29 is 9.53 Å². The highest BCUT2D eigenvalue weighted by Gasteiger charge is 2.06. The molecule has 1 N–H and O–H groups in total. The SMILES string of the molecule is CCOc1ccccc1CCC(=O)NCCSCc1ccc(C)cc1. The number of thioether (sulfide) groups is 1. The Labute approximate surface area is 155 Å². The smallest absolute Gasteiger partial charge is 0.220 e. The first-order valence-electron chi connectivity index (χ1n) is 8.79. The van der Waals surface area contributed by atoms with Crippen LogP contribution in [0.1, 0.15) is 30.0 Å². The fraction of sp³-hybridized carbons (Fsp3) is 0.381. The number of amides is 1. The van der Waals surface area contributed by atoms with Gasteiger partial charge in [0.15, 0.2) is 0 Å². The molecule has 3 nitrogen and oxygen atoms in total. The van der Waals surface area contributed by atoms with Gasteiger partial charge in [-0.25, -0.2) is 0 Å². The molecule has 25 heavy (non-hydrogen) atoms. The second-order valence-corrected chi connectivity index (χ2v) is 7.03. The molecule has 0 heterocycles. The molecular weight excluding hydrogens is 330 g/mol. The number of aryl methyl sites for hydroxylation is 2. The molecule has 0 aliphatic heterocycles. The van der Waals surface area contributed by atoms with Crippen LogP contribution in [0.15, 0.2) is 48.5 Å². The fourth-order valence-electron chi connectivity index (χ4n) is 2.48. The Bertz CT molecular complexity index is 655. The predicted molar refractivity (Wildman–Crippen MR) is 106 cm³/mol. The summed E-state index contributed by atoms with van der Waals surface area (Å²) in [6.45, 7) is 5.42. The predicted octanol–water partition coefficient (Wildman–Crippen LogP) is 4.38. The van der Waals surface area contributed by atoms with Gasteiger partial charge in [0.2, 0.25) is 5.91 Å². The second-order valence-electron chi connectivity index (χ2n) is 5.93. The average Bonchev–Trinajstić information content (AvgIpc) is 2.62. The number of ether oxygens (including phenoxy) is 1. The minimum Gasteiger partial charge on any atom is -0.494 e. The number of carbonyl (C=O) groups is 1. The zero-order valence-electron chi connectivity index (χ0n) is 15.1. The maximum Gasteiger partial charge on any atom is 0.220 e. The second kappa shape index (κ2) is 10.8. The number of hydrogen-bond donors (Lipinski definition) is 1. The third-order valence-corrected chi connectivity index (χ3v) is 4.88. The van der Waals surface area contributed by atoms with Gasteiger partial charge in [-0.05, 0) is 37.5 Å². The van der Waals surface area contributed by atoms with Crippen LogP contribution in [0, 0.1) is 6.92 Å². The highest BCUT2D eigenvalue weighted by Crippen LogP contribution is 2.19. The lowest BCUT2D eigenvalue weighted by Crippen LogP contribution is -2.26. The molecule has 0 bridgehead atoms. The first-order chi connectivity index (χ1) is 12.2. The van der Waals surface area contributed by atoms with Gasteiger partial charge in [0.1, 0.15) is 5.75 Å². The normalized spacial score (nSPS) is 10.5. The number of carbonyl (C=O) groups excluding carboxylic acids is 1. The van der Waals surface area contributed by atoms with Gasteiger partial charge in [-0.15, -0.1) is 0 Å². The number of rotatable bonds is 10. The van der Waals surface area contributed by atoms with Crippen molar-refractivity contribution in [1.29, 1.82) is 0 Å². The molecule has 2 aromatic carbocycles. The molecule has 2 aromatic rings. The van der Waals surface area contributed by atoms with Crippen molar-refractivity contribution in [2.75, 3.05) is 18.9 Å². The van der Waals surface area contributed by atoms with Crippen molar-refractivity contribution in [3.8, 4) is 5.75 Å². The molecule has 0 saturated carbocycles. The minimum atomic E-state index is 0.0993. The van der Waals surface area contributed by atoms with Gasteiger partial charge in [-0.3, -0.25) is 4.79 Å². The van der Waals surface area contributed by atoms with Crippen molar-refractivity contribution in [2.24, 2.45) is 0 Å². The molecular formula is C21H27NO2S. The lowest BCUT2D eigenvalue weighted by atomic mass is 10.1. The molecule has 134 valence electrons. The highest BCUT2D eigenvalue weighted by atomic mass is 32.2. The van der Waals surface area contributed by atoms with E-state index in [-0.39, 0.29) is 5.91 Å². The van der Waals surface area contributed by atoms with Crippen molar-refractivity contribution in [3.63, 3.8) is 0 Å². The van der Waals surface area contributed by atoms with Gasteiger partial charge >= 0.3 is 0 Å². The summed E-state index contributed by atoms with van der Waals surface area (Å²) < 4.78 is 5.60. The van der Waals surface area contributed by atoms with Crippen LogP contribution in [0.4, 0.5) is 0 Å². The largest absolute Gasteiger partial charge is 0.494 e. The van der Waals surface area contributed by atoms with Crippen molar-refractivity contribution in [3.05, 3.63) is 65.2 Å². The van der Waals surface area contributed by atoms with E-state index in [1.54, 1.807) is 0 Å². The molecule has 0 atom stereocenters. The Hall–Kier alpha value is -1.94. The maximum absolute atomic E-state index is 12.0. The van der Waals surface area contributed by atoms with Crippen molar-refractivity contribution >= 4 is 17.7 Å². The Kier molecular flexibility index (Phi) is 8.40. The Morgan fingerprint density at radius 3 is 2.64 bits per heavy atom. The number of hydrogen-bond acceptors (Lipinski definition) is 3. The van der Waals surface area contributed by atoms with E-state index >= 15 is 0 Å². The molecule has 0 saturated heterocycles. The topological polar surface area (TPSA) is 38.3 Å². The molecule has 2 rings (SSSR count). The summed E-state index contributed by atoms with van der Waals surface area (Å²) in [7, 11) is 0. The molecule has 0 aromatic heterocycles. The summed E-state index contributed by atoms with van der Waals surface area (Å²) in [5.74, 6) is 2.89. The number of nitrogens with one attached hydrogen (secondary N) is 1. The van der Waals surface area contributed by atoms with Gasteiger partial charge in [0.05, 0.1) is 6.61 Å². The number of para-hydroxylation sites is 1. The Morgan fingerprint density at radius 2 is 1.88 bits per heavy atom. The van der Waals surface area contributed by atoms with Crippen LogP contribution in [-0.4, -0.2) is 24.8 Å². The van der Waals surface area contributed by atoms with Gasteiger partial charge in [0, 0.05) is 24.5 Å². The summed E-state index contributed by atoms with van der Waals surface area (Å²) >= 11 is 1.84. The summed E-state index contributed by atoms with van der Waals surface area (Å²) in [5.41, 5.74) is 3.70. The maximum atomic E-state index is 12.0. The van der Waals surface area contributed by atoms with Gasteiger partial charge in [0.25, 0.3) is 0 Å². The van der Waals surface area contributed by atoms with Crippen LogP contribution in [0.2, 0.25) is 0 Å². The van der Waals surface area contributed by atoms with E-state index in [0.29, 0.717) is 26.0 Å². The highest BCUT2D eigenvalue weighted by molar-refractivity contribution is 7.98.